The van der Waals surface area contributed by atoms with Crippen molar-refractivity contribution >= 4 is 23.5 Å². The van der Waals surface area contributed by atoms with Crippen LogP contribution in [0.15, 0.2) is 59.3 Å². The maximum Gasteiger partial charge on any atom is 0.337 e. The Bertz CT molecular complexity index is 1280. The number of aryl methyl sites for hydroxylation is 1. The number of hydrogen-bond acceptors (Lipinski definition) is 7. The smallest absolute Gasteiger partial charge is 0.337 e. The molecule has 3 aromatic rings. The predicted octanol–water partition coefficient (Wildman–Crippen LogP) is 3.04. The van der Waals surface area contributed by atoms with Gasteiger partial charge >= 0.3 is 5.97 Å². The van der Waals surface area contributed by atoms with E-state index in [1.807, 2.05) is 30.3 Å². The Kier molecular flexibility index (Phi) is 5.86. The summed E-state index contributed by atoms with van der Waals surface area (Å²) in [6.07, 6.45) is 1.56. The quantitative estimate of drug-likeness (QED) is 0.544. The van der Waals surface area contributed by atoms with Gasteiger partial charge in [0.05, 0.1) is 24.8 Å². The summed E-state index contributed by atoms with van der Waals surface area (Å²) in [4.78, 5) is 43.8. The van der Waals surface area contributed by atoms with Gasteiger partial charge in [0.1, 0.15) is 11.8 Å². The topological polar surface area (TPSA) is 122 Å². The minimum atomic E-state index is -0.713. The van der Waals surface area contributed by atoms with E-state index < -0.39 is 30.1 Å². The number of aliphatic hydroxyl groups excluding tert-OH is 1. The number of aliphatic hydroxyl groups is 1. The Labute approximate surface area is 201 Å². The molecule has 2 amide bonds. The minimum Gasteiger partial charge on any atom is -0.465 e. The predicted molar refractivity (Wildman–Crippen MR) is 126 cm³/mol. The zero-order valence-electron chi connectivity index (χ0n) is 19.3. The molecule has 5 rings (SSSR count). The number of methoxy groups -OCH3 is 1. The third kappa shape index (κ3) is 4.08. The van der Waals surface area contributed by atoms with Crippen LogP contribution in [0.2, 0.25) is 0 Å². The van der Waals surface area contributed by atoms with Gasteiger partial charge in [-0.3, -0.25) is 9.59 Å². The van der Waals surface area contributed by atoms with Gasteiger partial charge in [-0.1, -0.05) is 24.3 Å². The Morgan fingerprint density at radius 2 is 1.89 bits per heavy atom. The zero-order chi connectivity index (χ0) is 24.7. The lowest BCUT2D eigenvalue weighted by molar-refractivity contribution is -0.123. The number of hydrogen-bond donors (Lipinski definition) is 2. The first kappa shape index (κ1) is 22.8. The normalized spacial score (nSPS) is 22.8. The van der Waals surface area contributed by atoms with Crippen LogP contribution in [-0.2, 0) is 9.53 Å². The highest BCUT2D eigenvalue weighted by atomic mass is 16.5. The molecule has 1 aromatic heterocycles. The van der Waals surface area contributed by atoms with Gasteiger partial charge in [-0.2, -0.15) is 0 Å². The first-order chi connectivity index (χ1) is 16.9. The van der Waals surface area contributed by atoms with E-state index >= 15 is 0 Å². The van der Waals surface area contributed by atoms with Crippen LogP contribution in [0.25, 0.3) is 11.1 Å². The Morgan fingerprint density at radius 3 is 2.57 bits per heavy atom. The van der Waals surface area contributed by atoms with Crippen LogP contribution < -0.4 is 5.32 Å². The lowest BCUT2D eigenvalue weighted by Gasteiger charge is -2.36. The fourth-order valence-electron chi connectivity index (χ4n) is 5.18. The molecular formula is C26H25N3O6. The average Bonchev–Trinajstić information content (AvgIpc) is 3.57. The van der Waals surface area contributed by atoms with Crippen molar-refractivity contribution in [2.75, 3.05) is 12.4 Å². The van der Waals surface area contributed by atoms with E-state index in [0.717, 1.165) is 11.1 Å². The summed E-state index contributed by atoms with van der Waals surface area (Å²) < 4.78 is 9.92. The summed E-state index contributed by atoms with van der Waals surface area (Å²) in [5.41, 5.74) is 2.91. The number of likely N-dealkylation sites (tertiary alicyclic amines) is 1. The second-order valence-corrected chi connectivity index (χ2v) is 8.92. The third-order valence-electron chi connectivity index (χ3n) is 6.86. The van der Waals surface area contributed by atoms with Gasteiger partial charge < -0.3 is 24.5 Å². The molecule has 9 nitrogen and oxygen atoms in total. The van der Waals surface area contributed by atoms with Crippen molar-refractivity contribution in [3.63, 3.8) is 0 Å². The standard InChI is InChI=1S/C26H25N3O6/c1-14-22(27-13-35-14)25(32)29-20-11-18(12-21(20)30)23(29)24(31)28-19-5-3-4-17(10-19)15-6-8-16(9-7-15)26(33)34-2/h3-10,13,18,20-21,23,30H,11-12H2,1-2H3,(H,28,31)/t18?,20?,21-,23-/m0/s1. The van der Waals surface area contributed by atoms with Crippen molar-refractivity contribution in [3.8, 4) is 11.1 Å². The summed E-state index contributed by atoms with van der Waals surface area (Å²) >= 11 is 0. The molecule has 0 radical (unpaired) electrons. The molecule has 2 fully saturated rings. The number of piperidine rings is 1. The van der Waals surface area contributed by atoms with Crippen LogP contribution in [0.3, 0.4) is 0 Å². The molecule has 180 valence electrons. The third-order valence-corrected chi connectivity index (χ3v) is 6.86. The van der Waals surface area contributed by atoms with E-state index in [2.05, 4.69) is 10.3 Å². The van der Waals surface area contributed by atoms with Crippen molar-refractivity contribution in [2.24, 2.45) is 5.92 Å². The number of ether oxygens (including phenoxy) is 1. The molecule has 1 aliphatic heterocycles. The average molecular weight is 476 g/mol. The summed E-state index contributed by atoms with van der Waals surface area (Å²) in [6.45, 7) is 1.64. The number of anilines is 1. The number of carbonyl (C=O) groups is 3. The number of rotatable bonds is 5. The number of fused-ring (bicyclic) bond motifs is 2. The number of aromatic nitrogens is 1. The summed E-state index contributed by atoms with van der Waals surface area (Å²) in [5.74, 6) is -0.898. The number of benzene rings is 2. The van der Waals surface area contributed by atoms with Crippen LogP contribution >= 0.6 is 0 Å². The van der Waals surface area contributed by atoms with Crippen molar-refractivity contribution in [1.29, 1.82) is 0 Å². The largest absolute Gasteiger partial charge is 0.465 e. The van der Waals surface area contributed by atoms with Crippen molar-refractivity contribution in [3.05, 3.63) is 71.9 Å². The van der Waals surface area contributed by atoms with Gasteiger partial charge in [-0.25, -0.2) is 9.78 Å². The number of amides is 2. The van der Waals surface area contributed by atoms with E-state index in [0.29, 0.717) is 29.9 Å². The number of carbonyl (C=O) groups excluding carboxylic acids is 3. The minimum absolute atomic E-state index is 0.139. The second kappa shape index (κ2) is 8.99. The highest BCUT2D eigenvalue weighted by molar-refractivity contribution is 6.02. The van der Waals surface area contributed by atoms with Crippen LogP contribution in [0.1, 0.15) is 39.4 Å². The van der Waals surface area contributed by atoms with Crippen LogP contribution in [-0.4, -0.2) is 58.1 Å². The molecule has 2 heterocycles. The number of nitrogens with one attached hydrogen (secondary N) is 1. The van der Waals surface area contributed by atoms with Crippen LogP contribution in [0.5, 0.6) is 0 Å². The fourth-order valence-corrected chi connectivity index (χ4v) is 5.18. The molecule has 2 unspecified atom stereocenters. The maximum absolute atomic E-state index is 13.4. The lowest BCUT2D eigenvalue weighted by atomic mass is 9.96. The Balaban J connectivity index is 1.37. The number of esters is 1. The first-order valence-corrected chi connectivity index (χ1v) is 11.4. The molecular weight excluding hydrogens is 450 g/mol. The molecule has 2 aliphatic rings. The molecule has 2 N–H and O–H groups in total. The summed E-state index contributed by atoms with van der Waals surface area (Å²) in [6, 6.07) is 13.2. The van der Waals surface area contributed by atoms with Gasteiger partial charge in [0.25, 0.3) is 5.91 Å². The van der Waals surface area contributed by atoms with Gasteiger partial charge in [-0.15, -0.1) is 0 Å². The van der Waals surface area contributed by atoms with E-state index in [4.69, 9.17) is 9.15 Å². The SMILES string of the molecule is COC(=O)c1ccc(-c2cccc(NC(=O)[C@@H]3C4CC([C@@H](O)C4)N3C(=O)c3ncoc3C)c2)cc1. The van der Waals surface area contributed by atoms with E-state index in [1.165, 1.54) is 18.4 Å². The zero-order valence-corrected chi connectivity index (χ0v) is 19.3. The molecule has 1 saturated carbocycles. The highest BCUT2D eigenvalue weighted by Gasteiger charge is 2.56. The van der Waals surface area contributed by atoms with Gasteiger partial charge in [0.2, 0.25) is 5.91 Å². The van der Waals surface area contributed by atoms with Crippen LogP contribution in [0, 0.1) is 12.8 Å². The molecule has 4 atom stereocenters. The van der Waals surface area contributed by atoms with Crippen molar-refractivity contribution in [2.45, 2.75) is 38.0 Å². The van der Waals surface area contributed by atoms with E-state index in [1.54, 1.807) is 25.1 Å². The van der Waals surface area contributed by atoms with Gasteiger partial charge in [-0.05, 0) is 61.1 Å². The Morgan fingerprint density at radius 1 is 1.11 bits per heavy atom. The fraction of sp³-hybridized carbons (Fsp3) is 0.308. The molecule has 0 spiro atoms. The lowest BCUT2D eigenvalue weighted by Crippen LogP contribution is -2.55. The number of oxazole rings is 1. The number of nitrogens with zero attached hydrogens (tertiary/aromatic N) is 2. The molecule has 35 heavy (non-hydrogen) atoms. The summed E-state index contributed by atoms with van der Waals surface area (Å²) in [5, 5.41) is 13.4. The van der Waals surface area contributed by atoms with Crippen molar-refractivity contribution < 1.29 is 28.6 Å². The van der Waals surface area contributed by atoms with Gasteiger partial charge in [0.15, 0.2) is 12.1 Å². The molecule has 1 aliphatic carbocycles. The van der Waals surface area contributed by atoms with E-state index in [-0.39, 0.29) is 17.5 Å². The van der Waals surface area contributed by atoms with E-state index in [9.17, 15) is 19.5 Å². The Hall–Kier alpha value is -3.98. The first-order valence-electron chi connectivity index (χ1n) is 11.4. The van der Waals surface area contributed by atoms with Gasteiger partial charge in [0, 0.05) is 5.69 Å². The highest BCUT2D eigenvalue weighted by Crippen LogP contribution is 2.44. The molecule has 9 heteroatoms. The van der Waals surface area contributed by atoms with Crippen molar-refractivity contribution in [1.82, 2.24) is 9.88 Å². The molecule has 1 saturated heterocycles. The molecule has 2 bridgehead atoms. The van der Waals surface area contributed by atoms with Crippen LogP contribution in [0.4, 0.5) is 5.69 Å². The summed E-state index contributed by atoms with van der Waals surface area (Å²) in [7, 11) is 1.33. The molecule has 2 aromatic carbocycles. The maximum atomic E-state index is 13.4. The monoisotopic (exact) mass is 475 g/mol. The second-order valence-electron chi connectivity index (χ2n) is 8.92.